The van der Waals surface area contributed by atoms with E-state index in [9.17, 15) is 14.9 Å². The number of hydrogen-bond acceptors (Lipinski definition) is 4. The van der Waals surface area contributed by atoms with Crippen LogP contribution in [0.15, 0.2) is 18.2 Å². The molecule has 1 rings (SSSR count). The van der Waals surface area contributed by atoms with Gasteiger partial charge in [-0.05, 0) is 26.0 Å². The Labute approximate surface area is 116 Å². The standard InChI is InChI=1S/C12H16ClN3O3/c1-8(2)15-12(17)7-14-6-9-5-10(13)3-4-11(9)16(18)19/h3-5,8,14H,6-7H2,1-2H3,(H,15,17). The number of amides is 1. The van der Waals surface area contributed by atoms with Crippen LogP contribution in [0.25, 0.3) is 0 Å². The van der Waals surface area contributed by atoms with Crippen LogP contribution in [-0.2, 0) is 11.3 Å². The minimum atomic E-state index is -0.471. The molecule has 0 spiro atoms. The fraction of sp³-hybridized carbons (Fsp3) is 0.417. The molecule has 0 saturated heterocycles. The van der Waals surface area contributed by atoms with Gasteiger partial charge >= 0.3 is 0 Å². The Balaban J connectivity index is 2.60. The van der Waals surface area contributed by atoms with Gasteiger partial charge in [0.15, 0.2) is 0 Å². The van der Waals surface area contributed by atoms with Gasteiger partial charge in [0, 0.05) is 29.2 Å². The van der Waals surface area contributed by atoms with Gasteiger partial charge in [0.1, 0.15) is 0 Å². The second-order valence-corrected chi connectivity index (χ2v) is 4.79. The van der Waals surface area contributed by atoms with E-state index in [1.54, 1.807) is 0 Å². The number of nitro benzene ring substituents is 1. The first kappa shape index (κ1) is 15.4. The van der Waals surface area contributed by atoms with E-state index >= 15 is 0 Å². The zero-order valence-electron chi connectivity index (χ0n) is 10.8. The first-order chi connectivity index (χ1) is 8.90. The van der Waals surface area contributed by atoms with Crippen LogP contribution in [-0.4, -0.2) is 23.4 Å². The Kier molecular flexibility index (Phi) is 5.72. The Hall–Kier alpha value is -1.66. The summed E-state index contributed by atoms with van der Waals surface area (Å²) in [5.41, 5.74) is 0.441. The molecule has 0 aliphatic carbocycles. The van der Waals surface area contributed by atoms with Gasteiger partial charge in [-0.3, -0.25) is 14.9 Å². The van der Waals surface area contributed by atoms with E-state index in [1.165, 1.54) is 18.2 Å². The predicted molar refractivity (Wildman–Crippen MR) is 73.1 cm³/mol. The molecule has 1 amide bonds. The molecule has 0 heterocycles. The fourth-order valence-corrected chi connectivity index (χ4v) is 1.75. The zero-order chi connectivity index (χ0) is 14.4. The molecule has 1 aromatic carbocycles. The molecule has 0 radical (unpaired) electrons. The van der Waals surface area contributed by atoms with Crippen LogP contribution in [0.3, 0.4) is 0 Å². The number of carbonyl (C=O) groups excluding carboxylic acids is 1. The first-order valence-corrected chi connectivity index (χ1v) is 6.21. The lowest BCUT2D eigenvalue weighted by molar-refractivity contribution is -0.385. The van der Waals surface area contributed by atoms with Crippen molar-refractivity contribution in [3.05, 3.63) is 38.9 Å². The van der Waals surface area contributed by atoms with Crippen LogP contribution in [0.1, 0.15) is 19.4 Å². The van der Waals surface area contributed by atoms with Gasteiger partial charge in [0.25, 0.3) is 5.69 Å². The molecule has 0 bridgehead atoms. The van der Waals surface area contributed by atoms with Crippen molar-refractivity contribution in [1.29, 1.82) is 0 Å². The first-order valence-electron chi connectivity index (χ1n) is 5.83. The van der Waals surface area contributed by atoms with E-state index in [1.807, 2.05) is 13.8 Å². The summed E-state index contributed by atoms with van der Waals surface area (Å²) in [5, 5.41) is 16.8. The Bertz CT molecular complexity index is 477. The Morgan fingerprint density at radius 1 is 1.47 bits per heavy atom. The van der Waals surface area contributed by atoms with E-state index in [4.69, 9.17) is 11.6 Å². The van der Waals surface area contributed by atoms with Gasteiger partial charge in [-0.25, -0.2) is 0 Å². The summed E-state index contributed by atoms with van der Waals surface area (Å²) < 4.78 is 0. The summed E-state index contributed by atoms with van der Waals surface area (Å²) in [5.74, 6) is -0.153. The van der Waals surface area contributed by atoms with Gasteiger partial charge in [-0.1, -0.05) is 11.6 Å². The number of rotatable bonds is 6. The van der Waals surface area contributed by atoms with Crippen molar-refractivity contribution < 1.29 is 9.72 Å². The maximum Gasteiger partial charge on any atom is 0.273 e. The second-order valence-electron chi connectivity index (χ2n) is 4.36. The third-order valence-corrected chi connectivity index (χ3v) is 2.52. The fourth-order valence-electron chi connectivity index (χ4n) is 1.56. The van der Waals surface area contributed by atoms with Crippen LogP contribution >= 0.6 is 11.6 Å². The van der Waals surface area contributed by atoms with Crippen LogP contribution in [0.5, 0.6) is 0 Å². The average molecular weight is 286 g/mol. The molecular formula is C12H16ClN3O3. The highest BCUT2D eigenvalue weighted by Crippen LogP contribution is 2.22. The lowest BCUT2D eigenvalue weighted by Crippen LogP contribution is -2.37. The monoisotopic (exact) mass is 285 g/mol. The number of nitro groups is 1. The van der Waals surface area contributed by atoms with Crippen LogP contribution in [0, 0.1) is 10.1 Å². The molecular weight excluding hydrogens is 270 g/mol. The van der Waals surface area contributed by atoms with E-state index in [0.717, 1.165) is 0 Å². The van der Waals surface area contributed by atoms with E-state index < -0.39 is 4.92 Å². The summed E-state index contributed by atoms with van der Waals surface area (Å²) in [4.78, 5) is 21.8. The molecule has 2 N–H and O–H groups in total. The van der Waals surface area contributed by atoms with Crippen LogP contribution < -0.4 is 10.6 Å². The summed E-state index contributed by atoms with van der Waals surface area (Å²) in [6.45, 7) is 4.03. The number of nitrogens with one attached hydrogen (secondary N) is 2. The third-order valence-electron chi connectivity index (χ3n) is 2.29. The molecule has 0 saturated carbocycles. The largest absolute Gasteiger partial charge is 0.353 e. The average Bonchev–Trinajstić information content (AvgIpc) is 2.27. The summed E-state index contributed by atoms with van der Waals surface area (Å²) in [6, 6.07) is 4.41. The highest BCUT2D eigenvalue weighted by Gasteiger charge is 2.13. The highest BCUT2D eigenvalue weighted by atomic mass is 35.5. The van der Waals surface area contributed by atoms with Crippen LogP contribution in [0.2, 0.25) is 5.02 Å². The lowest BCUT2D eigenvalue weighted by Gasteiger charge is -2.09. The second kappa shape index (κ2) is 7.06. The number of carbonyl (C=O) groups is 1. The van der Waals surface area contributed by atoms with Crippen molar-refractivity contribution in [3.8, 4) is 0 Å². The summed E-state index contributed by atoms with van der Waals surface area (Å²) in [6.07, 6.45) is 0. The van der Waals surface area contributed by atoms with Gasteiger partial charge in [-0.2, -0.15) is 0 Å². The molecule has 0 atom stereocenters. The molecule has 0 fully saturated rings. The molecule has 1 aromatic rings. The number of hydrogen-bond donors (Lipinski definition) is 2. The van der Waals surface area contributed by atoms with Crippen molar-refractivity contribution in [2.45, 2.75) is 26.4 Å². The normalized spacial score (nSPS) is 10.5. The SMILES string of the molecule is CC(C)NC(=O)CNCc1cc(Cl)ccc1[N+](=O)[O-]. The van der Waals surface area contributed by atoms with Crippen molar-refractivity contribution in [2.24, 2.45) is 0 Å². The van der Waals surface area contributed by atoms with Gasteiger partial charge < -0.3 is 10.6 Å². The zero-order valence-corrected chi connectivity index (χ0v) is 11.5. The quantitative estimate of drug-likeness (QED) is 0.617. The van der Waals surface area contributed by atoms with E-state index in [2.05, 4.69) is 10.6 Å². The number of halogens is 1. The third kappa shape index (κ3) is 5.23. The molecule has 0 aromatic heterocycles. The molecule has 0 unspecified atom stereocenters. The van der Waals surface area contributed by atoms with Gasteiger partial charge in [-0.15, -0.1) is 0 Å². The lowest BCUT2D eigenvalue weighted by atomic mass is 10.2. The van der Waals surface area contributed by atoms with Gasteiger partial charge in [0.2, 0.25) is 5.91 Å². The van der Waals surface area contributed by atoms with E-state index in [0.29, 0.717) is 10.6 Å². The smallest absolute Gasteiger partial charge is 0.273 e. The minimum absolute atomic E-state index is 0.0128. The Morgan fingerprint density at radius 3 is 2.74 bits per heavy atom. The molecule has 104 valence electrons. The number of benzene rings is 1. The maximum atomic E-state index is 11.4. The molecule has 7 heteroatoms. The topological polar surface area (TPSA) is 84.3 Å². The van der Waals surface area contributed by atoms with Crippen molar-refractivity contribution in [2.75, 3.05) is 6.54 Å². The van der Waals surface area contributed by atoms with Crippen molar-refractivity contribution in [3.63, 3.8) is 0 Å². The molecule has 19 heavy (non-hydrogen) atoms. The molecule has 0 aliphatic heterocycles. The van der Waals surface area contributed by atoms with Crippen molar-refractivity contribution >= 4 is 23.2 Å². The molecule has 0 aliphatic rings. The highest BCUT2D eigenvalue weighted by molar-refractivity contribution is 6.30. The minimum Gasteiger partial charge on any atom is -0.353 e. The summed E-state index contributed by atoms with van der Waals surface area (Å²) >= 11 is 5.80. The predicted octanol–water partition coefficient (Wildman–Crippen LogP) is 1.86. The maximum absolute atomic E-state index is 11.4. The van der Waals surface area contributed by atoms with Crippen molar-refractivity contribution in [1.82, 2.24) is 10.6 Å². The van der Waals surface area contributed by atoms with Crippen LogP contribution in [0.4, 0.5) is 5.69 Å². The number of nitrogens with zero attached hydrogens (tertiary/aromatic N) is 1. The summed E-state index contributed by atoms with van der Waals surface area (Å²) in [7, 11) is 0. The Morgan fingerprint density at radius 2 is 2.16 bits per heavy atom. The molecule has 6 nitrogen and oxygen atoms in total. The van der Waals surface area contributed by atoms with Gasteiger partial charge in [0.05, 0.1) is 11.5 Å². The van der Waals surface area contributed by atoms with E-state index in [-0.39, 0.29) is 30.7 Å².